The Labute approximate surface area is 193 Å². The molecule has 1 aromatic carbocycles. The van der Waals surface area contributed by atoms with E-state index in [4.69, 9.17) is 0 Å². The van der Waals surface area contributed by atoms with Gasteiger partial charge in [-0.15, -0.1) is 0 Å². The molecule has 0 bridgehead atoms. The topological polar surface area (TPSA) is 80.1 Å². The molecule has 1 fully saturated rings. The van der Waals surface area contributed by atoms with Gasteiger partial charge in [0.05, 0.1) is 17.8 Å². The van der Waals surface area contributed by atoms with Crippen LogP contribution in [0.2, 0.25) is 0 Å². The number of fused-ring (bicyclic) bond motifs is 2. The van der Waals surface area contributed by atoms with Crippen molar-refractivity contribution in [3.8, 4) is 0 Å². The first-order chi connectivity index (χ1) is 16.2. The zero-order valence-electron chi connectivity index (χ0n) is 19.0. The van der Waals surface area contributed by atoms with Gasteiger partial charge in [0, 0.05) is 30.6 Å². The standard InChI is InChI=1S/C26H31N5O2/c32-25-17-20-8-2-4-11-23(20)29-31(25)16-15-30-14-6-5-9-21(30)18-27-26(33)24-13-12-19-7-1-3-10-22(19)28-24/h1,3,7,10,12-13,17,21H,2,4-6,8-9,11,14-16,18H2,(H,27,33). The van der Waals surface area contributed by atoms with Crippen molar-refractivity contribution < 1.29 is 4.79 Å². The highest BCUT2D eigenvalue weighted by Gasteiger charge is 2.23. The molecule has 0 spiro atoms. The summed E-state index contributed by atoms with van der Waals surface area (Å²) in [6.45, 7) is 2.91. The summed E-state index contributed by atoms with van der Waals surface area (Å²) >= 11 is 0. The van der Waals surface area contributed by atoms with Gasteiger partial charge in [0.25, 0.3) is 11.5 Å². The Morgan fingerprint density at radius 1 is 1.03 bits per heavy atom. The fourth-order valence-electron chi connectivity index (χ4n) is 5.06. The average Bonchev–Trinajstić information content (AvgIpc) is 2.86. The molecule has 1 unspecified atom stereocenters. The second-order valence-electron chi connectivity index (χ2n) is 9.17. The number of piperidine rings is 1. The molecule has 1 N–H and O–H groups in total. The van der Waals surface area contributed by atoms with Crippen molar-refractivity contribution in [2.75, 3.05) is 19.6 Å². The highest BCUT2D eigenvalue weighted by molar-refractivity contribution is 5.94. The molecule has 1 amide bonds. The minimum atomic E-state index is -0.140. The van der Waals surface area contributed by atoms with E-state index >= 15 is 0 Å². The third kappa shape index (κ3) is 4.98. The second kappa shape index (κ2) is 9.83. The molecular weight excluding hydrogens is 414 g/mol. The quantitative estimate of drug-likeness (QED) is 0.631. The van der Waals surface area contributed by atoms with Crippen molar-refractivity contribution in [1.29, 1.82) is 0 Å². The van der Waals surface area contributed by atoms with E-state index in [0.29, 0.717) is 18.8 Å². The van der Waals surface area contributed by atoms with Crippen molar-refractivity contribution in [3.05, 3.63) is 69.8 Å². The Bertz CT molecular complexity index is 1200. The zero-order valence-corrected chi connectivity index (χ0v) is 19.0. The minimum Gasteiger partial charge on any atom is -0.349 e. The van der Waals surface area contributed by atoms with E-state index in [-0.39, 0.29) is 17.5 Å². The van der Waals surface area contributed by atoms with Crippen LogP contribution in [0.1, 0.15) is 53.8 Å². The van der Waals surface area contributed by atoms with Crippen LogP contribution in [0.25, 0.3) is 10.9 Å². The number of carbonyl (C=O) groups excluding carboxylic acids is 1. The summed E-state index contributed by atoms with van der Waals surface area (Å²) in [7, 11) is 0. The molecule has 5 rings (SSSR count). The van der Waals surface area contributed by atoms with Gasteiger partial charge in [-0.2, -0.15) is 5.10 Å². The predicted octanol–water partition coefficient (Wildman–Crippen LogP) is 2.95. The maximum absolute atomic E-state index is 12.8. The Morgan fingerprint density at radius 2 is 1.91 bits per heavy atom. The summed E-state index contributed by atoms with van der Waals surface area (Å²) in [6.07, 6.45) is 7.57. The zero-order chi connectivity index (χ0) is 22.6. The van der Waals surface area contributed by atoms with Gasteiger partial charge in [-0.3, -0.25) is 14.5 Å². The Hall–Kier alpha value is -3.06. The van der Waals surface area contributed by atoms with Crippen molar-refractivity contribution in [1.82, 2.24) is 25.0 Å². The van der Waals surface area contributed by atoms with Crippen LogP contribution >= 0.6 is 0 Å². The number of aromatic nitrogens is 3. The lowest BCUT2D eigenvalue weighted by atomic mass is 9.97. The fraction of sp³-hybridized carbons (Fsp3) is 0.462. The van der Waals surface area contributed by atoms with E-state index in [2.05, 4.69) is 20.3 Å². The van der Waals surface area contributed by atoms with E-state index in [1.807, 2.05) is 30.3 Å². The highest BCUT2D eigenvalue weighted by atomic mass is 16.2. The van der Waals surface area contributed by atoms with Crippen LogP contribution < -0.4 is 10.9 Å². The lowest BCUT2D eigenvalue weighted by molar-refractivity contribution is 0.0904. The van der Waals surface area contributed by atoms with Crippen LogP contribution in [0, 0.1) is 0 Å². The summed E-state index contributed by atoms with van der Waals surface area (Å²) < 4.78 is 1.63. The van der Waals surface area contributed by atoms with E-state index in [0.717, 1.165) is 80.2 Å². The van der Waals surface area contributed by atoms with Crippen LogP contribution in [-0.2, 0) is 19.4 Å². The molecule has 3 heterocycles. The first-order valence-electron chi connectivity index (χ1n) is 12.2. The van der Waals surface area contributed by atoms with Crippen molar-refractivity contribution in [2.45, 2.75) is 57.5 Å². The van der Waals surface area contributed by atoms with Gasteiger partial charge in [0.15, 0.2) is 0 Å². The summed E-state index contributed by atoms with van der Waals surface area (Å²) in [5, 5.41) is 8.77. The van der Waals surface area contributed by atoms with Crippen LogP contribution in [0.3, 0.4) is 0 Å². The number of hydrogen-bond donors (Lipinski definition) is 1. The first kappa shape index (κ1) is 21.8. The number of nitrogens with zero attached hydrogens (tertiary/aromatic N) is 4. The first-order valence-corrected chi connectivity index (χ1v) is 12.2. The molecule has 1 aliphatic heterocycles. The molecule has 1 saturated heterocycles. The maximum Gasteiger partial charge on any atom is 0.269 e. The van der Waals surface area contributed by atoms with Gasteiger partial charge in [-0.1, -0.05) is 30.7 Å². The Morgan fingerprint density at radius 3 is 2.85 bits per heavy atom. The van der Waals surface area contributed by atoms with Crippen molar-refractivity contribution >= 4 is 16.8 Å². The second-order valence-corrected chi connectivity index (χ2v) is 9.17. The molecule has 2 aliphatic rings. The van der Waals surface area contributed by atoms with Gasteiger partial charge in [0.1, 0.15) is 5.69 Å². The Balaban J connectivity index is 1.21. The number of aryl methyl sites for hydroxylation is 2. The minimum absolute atomic E-state index is 0.000101. The van der Waals surface area contributed by atoms with Crippen molar-refractivity contribution in [3.63, 3.8) is 0 Å². The van der Waals surface area contributed by atoms with Crippen LogP contribution in [0.15, 0.2) is 47.3 Å². The fourth-order valence-corrected chi connectivity index (χ4v) is 5.06. The lowest BCUT2D eigenvalue weighted by Crippen LogP contribution is -2.48. The van der Waals surface area contributed by atoms with Crippen LogP contribution in [-0.4, -0.2) is 51.2 Å². The van der Waals surface area contributed by atoms with Gasteiger partial charge in [-0.25, -0.2) is 9.67 Å². The summed E-state index contributed by atoms with van der Waals surface area (Å²) in [5.41, 5.74) is 3.49. The summed E-state index contributed by atoms with van der Waals surface area (Å²) in [4.78, 5) is 32.2. The number of nitrogens with one attached hydrogen (secondary N) is 1. The average molecular weight is 446 g/mol. The molecular formula is C26H31N5O2. The number of amides is 1. The number of para-hydroxylation sites is 1. The van der Waals surface area contributed by atoms with Crippen LogP contribution in [0.5, 0.6) is 0 Å². The summed E-state index contributed by atoms with van der Waals surface area (Å²) in [5.74, 6) is -0.140. The molecule has 1 aliphatic carbocycles. The monoisotopic (exact) mass is 445 g/mol. The number of rotatable bonds is 6. The third-order valence-electron chi connectivity index (χ3n) is 6.95. The van der Waals surface area contributed by atoms with E-state index in [1.165, 1.54) is 0 Å². The molecule has 0 saturated carbocycles. The molecule has 172 valence electrons. The largest absolute Gasteiger partial charge is 0.349 e. The van der Waals surface area contributed by atoms with Crippen LogP contribution in [0.4, 0.5) is 0 Å². The SMILES string of the molecule is O=C(NCC1CCCCN1CCn1nc2c(cc1=O)CCCC2)c1ccc2ccccc2n1. The van der Waals surface area contributed by atoms with Gasteiger partial charge in [-0.05, 0) is 62.8 Å². The normalized spacial score (nSPS) is 18.7. The number of hydrogen-bond acceptors (Lipinski definition) is 5. The Kier molecular flexibility index (Phi) is 6.48. The van der Waals surface area contributed by atoms with Gasteiger partial charge < -0.3 is 5.32 Å². The van der Waals surface area contributed by atoms with Crippen molar-refractivity contribution in [2.24, 2.45) is 0 Å². The smallest absolute Gasteiger partial charge is 0.269 e. The lowest BCUT2D eigenvalue weighted by Gasteiger charge is -2.35. The molecule has 33 heavy (non-hydrogen) atoms. The molecule has 3 aromatic rings. The highest BCUT2D eigenvalue weighted by Crippen LogP contribution is 2.18. The van der Waals surface area contributed by atoms with E-state index in [1.54, 1.807) is 16.8 Å². The van der Waals surface area contributed by atoms with E-state index in [9.17, 15) is 9.59 Å². The number of benzene rings is 1. The number of likely N-dealkylation sites (tertiary alicyclic amines) is 1. The predicted molar refractivity (Wildman–Crippen MR) is 128 cm³/mol. The molecule has 7 heteroatoms. The maximum atomic E-state index is 12.8. The van der Waals surface area contributed by atoms with Gasteiger partial charge >= 0.3 is 0 Å². The van der Waals surface area contributed by atoms with E-state index < -0.39 is 0 Å². The third-order valence-corrected chi connectivity index (χ3v) is 6.95. The number of carbonyl (C=O) groups is 1. The summed E-state index contributed by atoms with van der Waals surface area (Å²) in [6, 6.07) is 13.6. The molecule has 2 aromatic heterocycles. The van der Waals surface area contributed by atoms with Gasteiger partial charge in [0.2, 0.25) is 0 Å². The number of pyridine rings is 1. The molecule has 7 nitrogen and oxygen atoms in total. The molecule has 1 atom stereocenters. The molecule has 0 radical (unpaired) electrons.